The van der Waals surface area contributed by atoms with Crippen molar-refractivity contribution in [3.63, 3.8) is 0 Å². The van der Waals surface area contributed by atoms with Gasteiger partial charge in [-0.15, -0.1) is 0 Å². The maximum atomic E-state index is 13.0. The Bertz CT molecular complexity index is 1060. The van der Waals surface area contributed by atoms with E-state index in [-0.39, 0.29) is 18.1 Å². The van der Waals surface area contributed by atoms with Gasteiger partial charge < -0.3 is 24.7 Å². The lowest BCUT2D eigenvalue weighted by molar-refractivity contribution is -0.141. The first-order valence-corrected chi connectivity index (χ1v) is 13.1. The SMILES string of the molecule is CCc1cc(OC)c(-c2ccc(C[C@H](NC(=O)C(=NOC)C3CCSCC3)C(=O)O)cc2)c(OC)c1. The third kappa shape index (κ3) is 6.72. The van der Waals surface area contributed by atoms with Crippen LogP contribution >= 0.6 is 11.8 Å². The number of carbonyl (C=O) groups is 2. The number of oxime groups is 1. The van der Waals surface area contributed by atoms with Crippen LogP contribution in [0.4, 0.5) is 0 Å². The first-order chi connectivity index (χ1) is 17.4. The van der Waals surface area contributed by atoms with Crippen molar-refractivity contribution < 1.29 is 29.0 Å². The van der Waals surface area contributed by atoms with Gasteiger partial charge in [0, 0.05) is 12.3 Å². The number of hydrogen-bond donors (Lipinski definition) is 2. The average molecular weight is 515 g/mol. The fraction of sp³-hybridized carbons (Fsp3) is 0.444. The third-order valence-electron chi connectivity index (χ3n) is 6.29. The Morgan fingerprint density at radius 2 is 1.67 bits per heavy atom. The number of benzene rings is 2. The summed E-state index contributed by atoms with van der Waals surface area (Å²) in [6.07, 6.45) is 2.60. The highest BCUT2D eigenvalue weighted by Crippen LogP contribution is 2.39. The van der Waals surface area contributed by atoms with Crippen LogP contribution in [0, 0.1) is 5.92 Å². The largest absolute Gasteiger partial charge is 0.496 e. The molecule has 0 unspecified atom stereocenters. The fourth-order valence-corrected chi connectivity index (χ4v) is 5.41. The van der Waals surface area contributed by atoms with Crippen LogP contribution in [0.5, 0.6) is 11.5 Å². The summed E-state index contributed by atoms with van der Waals surface area (Å²) >= 11 is 1.83. The van der Waals surface area contributed by atoms with Crippen molar-refractivity contribution in [1.29, 1.82) is 0 Å². The van der Waals surface area contributed by atoms with Crippen molar-refractivity contribution in [3.8, 4) is 22.6 Å². The Morgan fingerprint density at radius 1 is 1.06 bits per heavy atom. The molecule has 2 N–H and O–H groups in total. The third-order valence-corrected chi connectivity index (χ3v) is 7.34. The zero-order chi connectivity index (χ0) is 26.1. The predicted octanol–water partition coefficient (Wildman–Crippen LogP) is 4.19. The van der Waals surface area contributed by atoms with E-state index in [9.17, 15) is 14.7 Å². The molecule has 1 heterocycles. The summed E-state index contributed by atoms with van der Waals surface area (Å²) in [5, 5.41) is 16.4. The van der Waals surface area contributed by atoms with Crippen molar-refractivity contribution >= 4 is 29.4 Å². The lowest BCUT2D eigenvalue weighted by Crippen LogP contribution is -2.47. The maximum Gasteiger partial charge on any atom is 0.326 e. The highest BCUT2D eigenvalue weighted by atomic mass is 32.2. The van der Waals surface area contributed by atoms with Gasteiger partial charge in [-0.3, -0.25) is 4.79 Å². The summed E-state index contributed by atoms with van der Waals surface area (Å²) < 4.78 is 11.2. The van der Waals surface area contributed by atoms with Crippen LogP contribution in [-0.4, -0.2) is 61.6 Å². The molecule has 1 aliphatic rings. The first kappa shape index (κ1) is 27.4. The molecule has 1 atom stereocenters. The number of carboxylic acids is 1. The number of amides is 1. The Labute approximate surface area is 216 Å². The lowest BCUT2D eigenvalue weighted by Gasteiger charge is -2.23. The molecular formula is C27H34N2O6S. The summed E-state index contributed by atoms with van der Waals surface area (Å²) in [6.45, 7) is 2.07. The number of methoxy groups -OCH3 is 2. The summed E-state index contributed by atoms with van der Waals surface area (Å²) in [6, 6.07) is 10.4. The van der Waals surface area contributed by atoms with Crippen LogP contribution in [-0.2, 0) is 27.3 Å². The first-order valence-electron chi connectivity index (χ1n) is 12.0. The molecule has 0 saturated carbocycles. The van der Waals surface area contributed by atoms with Crippen LogP contribution in [0.25, 0.3) is 11.1 Å². The summed E-state index contributed by atoms with van der Waals surface area (Å²) in [4.78, 5) is 29.8. The summed E-state index contributed by atoms with van der Waals surface area (Å²) in [7, 11) is 4.64. The van der Waals surface area contributed by atoms with E-state index in [1.165, 1.54) is 7.11 Å². The minimum Gasteiger partial charge on any atom is -0.496 e. The average Bonchev–Trinajstić information content (AvgIpc) is 2.91. The van der Waals surface area contributed by atoms with Crippen molar-refractivity contribution in [2.45, 2.75) is 38.6 Å². The van der Waals surface area contributed by atoms with Gasteiger partial charge in [0.25, 0.3) is 5.91 Å². The highest BCUT2D eigenvalue weighted by Gasteiger charge is 2.29. The molecule has 2 aromatic rings. The van der Waals surface area contributed by atoms with E-state index in [0.717, 1.165) is 53.0 Å². The molecule has 0 spiro atoms. The monoisotopic (exact) mass is 514 g/mol. The normalized spacial score (nSPS) is 15.2. The minimum absolute atomic E-state index is 0.0380. The van der Waals surface area contributed by atoms with Crippen molar-refractivity contribution in [2.24, 2.45) is 11.1 Å². The Balaban J connectivity index is 1.78. The minimum atomic E-state index is -1.11. The molecule has 0 bridgehead atoms. The zero-order valence-corrected chi connectivity index (χ0v) is 22.0. The number of thioether (sulfide) groups is 1. The Hall–Kier alpha value is -3.20. The highest BCUT2D eigenvalue weighted by molar-refractivity contribution is 7.99. The smallest absolute Gasteiger partial charge is 0.326 e. The topological polar surface area (TPSA) is 106 Å². The molecule has 0 aliphatic carbocycles. The fourth-order valence-electron chi connectivity index (χ4n) is 4.30. The Morgan fingerprint density at radius 3 is 2.17 bits per heavy atom. The molecule has 1 fully saturated rings. The van der Waals surface area contributed by atoms with Gasteiger partial charge in [-0.25, -0.2) is 4.79 Å². The van der Waals surface area contributed by atoms with Gasteiger partial charge >= 0.3 is 5.97 Å². The van der Waals surface area contributed by atoms with Gasteiger partial charge in [-0.05, 0) is 59.6 Å². The van der Waals surface area contributed by atoms with E-state index in [1.54, 1.807) is 14.2 Å². The van der Waals surface area contributed by atoms with Gasteiger partial charge in [0.15, 0.2) is 0 Å². The van der Waals surface area contributed by atoms with Crippen LogP contribution in [0.15, 0.2) is 41.6 Å². The molecule has 1 amide bonds. The van der Waals surface area contributed by atoms with Crippen molar-refractivity contribution in [1.82, 2.24) is 5.32 Å². The second-order valence-electron chi connectivity index (χ2n) is 8.54. The number of hydrogen-bond acceptors (Lipinski definition) is 7. The van der Waals surface area contributed by atoms with E-state index >= 15 is 0 Å². The van der Waals surface area contributed by atoms with Gasteiger partial charge in [0.05, 0.1) is 19.8 Å². The molecule has 2 aromatic carbocycles. The predicted molar refractivity (Wildman–Crippen MR) is 142 cm³/mol. The van der Waals surface area contributed by atoms with Crippen molar-refractivity contribution in [2.75, 3.05) is 32.8 Å². The molecule has 0 aromatic heterocycles. The van der Waals surface area contributed by atoms with Crippen LogP contribution in [0.2, 0.25) is 0 Å². The standard InChI is InChI=1S/C27H34N2O6S/c1-5-17-15-22(33-2)24(23(16-17)34-3)19-8-6-18(7-9-19)14-21(27(31)32)28-26(30)25(29-35-4)20-10-12-36-13-11-20/h6-9,15-16,20-21H,5,10-14H2,1-4H3,(H,28,30)(H,31,32)/t21-/m0/s1. The molecule has 36 heavy (non-hydrogen) atoms. The second kappa shape index (κ2) is 13.2. The van der Waals surface area contributed by atoms with Gasteiger partial charge in [-0.2, -0.15) is 11.8 Å². The van der Waals surface area contributed by atoms with E-state index in [4.69, 9.17) is 14.3 Å². The summed E-state index contributed by atoms with van der Waals surface area (Å²) in [5.74, 6) is 1.65. The number of aliphatic carboxylic acids is 1. The maximum absolute atomic E-state index is 13.0. The molecular weight excluding hydrogens is 480 g/mol. The summed E-state index contributed by atoms with van der Waals surface area (Å²) in [5.41, 5.74) is 3.85. The number of ether oxygens (including phenoxy) is 2. The molecule has 3 rings (SSSR count). The van der Waals surface area contributed by atoms with Crippen LogP contribution in [0.1, 0.15) is 30.9 Å². The van der Waals surface area contributed by atoms with Crippen LogP contribution in [0.3, 0.4) is 0 Å². The van der Waals surface area contributed by atoms with Crippen LogP contribution < -0.4 is 14.8 Å². The van der Waals surface area contributed by atoms with E-state index in [0.29, 0.717) is 11.5 Å². The molecule has 194 valence electrons. The Kier molecular flexibility index (Phi) is 10.0. The van der Waals surface area contributed by atoms with E-state index in [2.05, 4.69) is 17.4 Å². The number of rotatable bonds is 11. The quantitative estimate of drug-likeness (QED) is 0.342. The molecule has 1 aliphatic heterocycles. The second-order valence-corrected chi connectivity index (χ2v) is 9.76. The molecule has 1 saturated heterocycles. The molecule has 8 nitrogen and oxygen atoms in total. The van der Waals surface area contributed by atoms with Crippen molar-refractivity contribution in [3.05, 3.63) is 47.5 Å². The van der Waals surface area contributed by atoms with Gasteiger partial charge in [0.1, 0.15) is 30.4 Å². The molecule has 9 heteroatoms. The number of nitrogens with zero attached hydrogens (tertiary/aromatic N) is 1. The molecule has 0 radical (unpaired) electrons. The lowest BCUT2D eigenvalue weighted by atomic mass is 9.95. The number of nitrogens with one attached hydrogen (secondary N) is 1. The van der Waals surface area contributed by atoms with Gasteiger partial charge in [0.2, 0.25) is 0 Å². The van der Waals surface area contributed by atoms with E-state index in [1.807, 2.05) is 48.2 Å². The van der Waals surface area contributed by atoms with Gasteiger partial charge in [-0.1, -0.05) is 36.3 Å². The zero-order valence-electron chi connectivity index (χ0n) is 21.2. The number of carboxylic acid groups (broad SMARTS) is 1. The number of aryl methyl sites for hydroxylation is 1. The number of carbonyl (C=O) groups excluding carboxylic acids is 1. The van der Waals surface area contributed by atoms with E-state index < -0.39 is 17.9 Å².